The molecule has 0 unspecified atom stereocenters. The van der Waals surface area contributed by atoms with Gasteiger partial charge in [0.25, 0.3) is 0 Å². The highest BCUT2D eigenvalue weighted by Crippen LogP contribution is 2.07. The first-order chi connectivity index (χ1) is 5.86. The molecule has 1 rings (SSSR count). The zero-order valence-corrected chi connectivity index (χ0v) is 7.42. The number of hydrogen-bond donors (Lipinski definition) is 1. The quantitative estimate of drug-likeness (QED) is 0.727. The number of aliphatic hydroxyl groups excluding tert-OH is 1. The van der Waals surface area contributed by atoms with Crippen LogP contribution in [0, 0.1) is 0 Å². The summed E-state index contributed by atoms with van der Waals surface area (Å²) < 4.78 is 5.06. The average Bonchev–Trinajstić information content (AvgIpc) is 2.50. The molecule has 0 aliphatic carbocycles. The molecule has 0 amide bonds. The predicted molar refractivity (Wildman–Crippen MR) is 45.9 cm³/mol. The lowest BCUT2D eigenvalue weighted by Crippen LogP contribution is -1.86. The zero-order valence-electron chi connectivity index (χ0n) is 7.42. The van der Waals surface area contributed by atoms with E-state index in [1.165, 1.54) is 0 Å². The Morgan fingerprint density at radius 1 is 1.50 bits per heavy atom. The molecule has 0 bridgehead atoms. The van der Waals surface area contributed by atoms with E-state index in [1.807, 2.05) is 6.07 Å². The minimum Gasteiger partial charge on any atom is -0.396 e. The number of hydrogen-bond acceptors (Lipinski definition) is 3. The zero-order chi connectivity index (χ0) is 8.81. The number of aryl methyl sites for hydroxylation is 2. The van der Waals surface area contributed by atoms with Gasteiger partial charge in [0, 0.05) is 19.1 Å². The third kappa shape index (κ3) is 2.66. The summed E-state index contributed by atoms with van der Waals surface area (Å²) >= 11 is 0. The highest BCUT2D eigenvalue weighted by Gasteiger charge is 2.01. The maximum Gasteiger partial charge on any atom is 0.137 e. The molecule has 0 saturated carbocycles. The normalized spacial score (nSPS) is 10.5. The molecule has 0 spiro atoms. The van der Waals surface area contributed by atoms with Gasteiger partial charge in [0.05, 0.1) is 5.69 Å². The van der Waals surface area contributed by atoms with Crippen molar-refractivity contribution in [1.29, 1.82) is 0 Å². The van der Waals surface area contributed by atoms with E-state index in [0.717, 1.165) is 37.1 Å². The van der Waals surface area contributed by atoms with Crippen LogP contribution >= 0.6 is 0 Å². The first-order valence-corrected chi connectivity index (χ1v) is 4.42. The Morgan fingerprint density at radius 3 is 3.00 bits per heavy atom. The van der Waals surface area contributed by atoms with E-state index in [-0.39, 0.29) is 6.61 Å². The van der Waals surface area contributed by atoms with Crippen LogP contribution in [0.1, 0.15) is 31.2 Å². The lowest BCUT2D eigenvalue weighted by Gasteiger charge is -1.88. The largest absolute Gasteiger partial charge is 0.396 e. The van der Waals surface area contributed by atoms with Crippen molar-refractivity contribution < 1.29 is 9.63 Å². The monoisotopic (exact) mass is 169 g/mol. The molecule has 0 atom stereocenters. The molecule has 1 N–H and O–H groups in total. The lowest BCUT2D eigenvalue weighted by atomic mass is 10.2. The van der Waals surface area contributed by atoms with E-state index in [4.69, 9.17) is 9.63 Å². The van der Waals surface area contributed by atoms with Crippen molar-refractivity contribution in [3.05, 3.63) is 17.5 Å². The highest BCUT2D eigenvalue weighted by atomic mass is 16.5. The molecule has 0 aliphatic rings. The Bertz CT molecular complexity index is 220. The Hall–Kier alpha value is -0.830. The van der Waals surface area contributed by atoms with Crippen molar-refractivity contribution in [2.75, 3.05) is 6.61 Å². The molecule has 12 heavy (non-hydrogen) atoms. The summed E-state index contributed by atoms with van der Waals surface area (Å²) in [6.07, 6.45) is 3.60. The predicted octanol–water partition coefficient (Wildman–Crippen LogP) is 1.55. The molecule has 0 aromatic carbocycles. The van der Waals surface area contributed by atoms with Crippen LogP contribution in [0.2, 0.25) is 0 Å². The number of aliphatic hydroxyl groups is 1. The Morgan fingerprint density at radius 2 is 2.33 bits per heavy atom. The molecule has 1 aromatic rings. The summed E-state index contributed by atoms with van der Waals surface area (Å²) in [4.78, 5) is 0. The van der Waals surface area contributed by atoms with Crippen LogP contribution in [-0.2, 0) is 12.8 Å². The fraction of sp³-hybridized carbons (Fsp3) is 0.667. The van der Waals surface area contributed by atoms with Gasteiger partial charge < -0.3 is 9.63 Å². The second kappa shape index (κ2) is 4.93. The third-order valence-corrected chi connectivity index (χ3v) is 1.70. The molecular formula is C9H15NO2. The first kappa shape index (κ1) is 9.26. The van der Waals surface area contributed by atoms with Gasteiger partial charge in [-0.3, -0.25) is 0 Å². The first-order valence-electron chi connectivity index (χ1n) is 4.42. The third-order valence-electron chi connectivity index (χ3n) is 1.70. The van der Waals surface area contributed by atoms with E-state index < -0.39 is 0 Å². The van der Waals surface area contributed by atoms with Gasteiger partial charge in [-0.25, -0.2) is 0 Å². The second-order valence-electron chi connectivity index (χ2n) is 2.86. The van der Waals surface area contributed by atoms with Gasteiger partial charge in [0.15, 0.2) is 0 Å². The average molecular weight is 169 g/mol. The van der Waals surface area contributed by atoms with Crippen molar-refractivity contribution in [1.82, 2.24) is 5.16 Å². The Kier molecular flexibility index (Phi) is 3.80. The molecule has 3 heteroatoms. The van der Waals surface area contributed by atoms with E-state index in [9.17, 15) is 0 Å². The molecule has 0 radical (unpaired) electrons. The van der Waals surface area contributed by atoms with Gasteiger partial charge in [0.1, 0.15) is 5.76 Å². The molecule has 1 aromatic heterocycles. The topological polar surface area (TPSA) is 46.3 Å². The van der Waals surface area contributed by atoms with Crippen LogP contribution in [-0.4, -0.2) is 16.9 Å². The maximum atomic E-state index is 8.58. The summed E-state index contributed by atoms with van der Waals surface area (Å²) in [5.41, 5.74) is 1.02. The second-order valence-corrected chi connectivity index (χ2v) is 2.86. The van der Waals surface area contributed by atoms with Crippen molar-refractivity contribution in [2.24, 2.45) is 0 Å². The smallest absolute Gasteiger partial charge is 0.137 e. The summed E-state index contributed by atoms with van der Waals surface area (Å²) in [5.74, 6) is 0.882. The van der Waals surface area contributed by atoms with Crippen molar-refractivity contribution in [2.45, 2.75) is 32.6 Å². The molecule has 0 aliphatic heterocycles. The van der Waals surface area contributed by atoms with E-state index >= 15 is 0 Å². The van der Waals surface area contributed by atoms with Gasteiger partial charge in [-0.05, 0) is 12.8 Å². The Balaban J connectivity index is 2.41. The van der Waals surface area contributed by atoms with E-state index in [2.05, 4.69) is 12.1 Å². The molecule has 68 valence electrons. The molecular weight excluding hydrogens is 154 g/mol. The molecule has 0 fully saturated rings. The van der Waals surface area contributed by atoms with Gasteiger partial charge in [-0.15, -0.1) is 0 Å². The fourth-order valence-corrected chi connectivity index (χ4v) is 1.10. The summed E-state index contributed by atoms with van der Waals surface area (Å²) in [5, 5.41) is 12.5. The van der Waals surface area contributed by atoms with Crippen LogP contribution < -0.4 is 0 Å². The summed E-state index contributed by atoms with van der Waals surface area (Å²) in [6, 6.07) is 1.97. The summed E-state index contributed by atoms with van der Waals surface area (Å²) in [6.45, 7) is 2.33. The minimum atomic E-state index is 0.212. The van der Waals surface area contributed by atoms with E-state index in [0.29, 0.717) is 0 Å². The SMILES string of the molecule is CCCc1cc(CCCO)on1. The van der Waals surface area contributed by atoms with Gasteiger partial charge >= 0.3 is 0 Å². The standard InChI is InChI=1S/C9H15NO2/c1-2-4-8-7-9(12-10-8)5-3-6-11/h7,11H,2-6H2,1H3. The highest BCUT2D eigenvalue weighted by molar-refractivity contribution is 5.05. The number of nitrogens with zero attached hydrogens (tertiary/aromatic N) is 1. The molecule has 0 saturated heterocycles. The van der Waals surface area contributed by atoms with Crippen molar-refractivity contribution >= 4 is 0 Å². The van der Waals surface area contributed by atoms with Crippen LogP contribution in [0.25, 0.3) is 0 Å². The number of aromatic nitrogens is 1. The van der Waals surface area contributed by atoms with Gasteiger partial charge in [-0.2, -0.15) is 0 Å². The summed E-state index contributed by atoms with van der Waals surface area (Å²) in [7, 11) is 0. The van der Waals surface area contributed by atoms with Crippen molar-refractivity contribution in [3.8, 4) is 0 Å². The van der Waals surface area contributed by atoms with Crippen LogP contribution in [0.15, 0.2) is 10.6 Å². The number of rotatable bonds is 5. The fourth-order valence-electron chi connectivity index (χ4n) is 1.10. The molecule has 3 nitrogen and oxygen atoms in total. The minimum absolute atomic E-state index is 0.212. The Labute approximate surface area is 72.4 Å². The molecule has 1 heterocycles. The lowest BCUT2D eigenvalue weighted by molar-refractivity contribution is 0.279. The van der Waals surface area contributed by atoms with Crippen molar-refractivity contribution in [3.63, 3.8) is 0 Å². The maximum absolute atomic E-state index is 8.58. The van der Waals surface area contributed by atoms with Crippen LogP contribution in [0.4, 0.5) is 0 Å². The van der Waals surface area contributed by atoms with Crippen LogP contribution in [0.3, 0.4) is 0 Å². The van der Waals surface area contributed by atoms with Gasteiger partial charge in [-0.1, -0.05) is 18.5 Å². The van der Waals surface area contributed by atoms with E-state index in [1.54, 1.807) is 0 Å². The van der Waals surface area contributed by atoms with Crippen LogP contribution in [0.5, 0.6) is 0 Å². The van der Waals surface area contributed by atoms with Gasteiger partial charge in [0.2, 0.25) is 0 Å².